The minimum absolute atomic E-state index is 0.0573. The molecule has 0 saturated carbocycles. The summed E-state index contributed by atoms with van der Waals surface area (Å²) < 4.78 is 17.6. The number of fused-ring (bicyclic) bond motifs is 1. The Morgan fingerprint density at radius 3 is 2.61 bits per heavy atom. The van der Waals surface area contributed by atoms with Crippen molar-refractivity contribution in [2.45, 2.75) is 32.6 Å². The van der Waals surface area contributed by atoms with Crippen LogP contribution in [0.15, 0.2) is 30.7 Å². The van der Waals surface area contributed by atoms with Gasteiger partial charge >= 0.3 is 5.97 Å². The lowest BCUT2D eigenvalue weighted by Crippen LogP contribution is -2.35. The van der Waals surface area contributed by atoms with E-state index in [1.807, 2.05) is 23.1 Å². The topological polar surface area (TPSA) is 111 Å². The molecular formula is C25H32N6O5. The van der Waals surface area contributed by atoms with Gasteiger partial charge in [-0.3, -0.25) is 9.59 Å². The maximum Gasteiger partial charge on any atom is 0.305 e. The average molecular weight is 497 g/mol. The summed E-state index contributed by atoms with van der Waals surface area (Å²) in [5.74, 6) is 2.43. The number of nitrogens with zero attached hydrogens (tertiary/aromatic N) is 6. The number of anilines is 1. The Hall–Kier alpha value is -3.89. The second-order valence-corrected chi connectivity index (χ2v) is 8.42. The van der Waals surface area contributed by atoms with E-state index in [4.69, 9.17) is 14.2 Å². The van der Waals surface area contributed by atoms with Crippen LogP contribution < -0.4 is 14.4 Å². The van der Waals surface area contributed by atoms with Crippen LogP contribution in [0.3, 0.4) is 0 Å². The molecule has 2 aromatic heterocycles. The monoisotopic (exact) mass is 496 g/mol. The number of rotatable bonds is 9. The molecule has 4 rings (SSSR count). The van der Waals surface area contributed by atoms with Crippen LogP contribution in [0, 0.1) is 0 Å². The van der Waals surface area contributed by atoms with Gasteiger partial charge < -0.3 is 24.0 Å². The van der Waals surface area contributed by atoms with E-state index in [2.05, 4.69) is 20.0 Å². The van der Waals surface area contributed by atoms with Crippen molar-refractivity contribution in [1.29, 1.82) is 0 Å². The van der Waals surface area contributed by atoms with Crippen LogP contribution in [0.4, 0.5) is 5.82 Å². The fourth-order valence-corrected chi connectivity index (χ4v) is 4.43. The number of hydrogen-bond donors (Lipinski definition) is 0. The summed E-state index contributed by atoms with van der Waals surface area (Å²) in [6.45, 7) is 4.73. The van der Waals surface area contributed by atoms with Gasteiger partial charge in [-0.25, -0.2) is 4.98 Å². The van der Waals surface area contributed by atoms with E-state index in [9.17, 15) is 9.59 Å². The molecule has 1 aliphatic rings. The fourth-order valence-electron chi connectivity index (χ4n) is 4.43. The summed E-state index contributed by atoms with van der Waals surface area (Å²) in [6, 6.07) is 5.74. The molecule has 0 unspecified atom stereocenters. The first-order chi connectivity index (χ1) is 17.5. The number of ether oxygens (including phenoxy) is 3. The van der Waals surface area contributed by atoms with Crippen molar-refractivity contribution < 1.29 is 23.8 Å². The molecule has 11 nitrogen and oxygen atoms in total. The minimum Gasteiger partial charge on any atom is -0.493 e. The summed E-state index contributed by atoms with van der Waals surface area (Å²) in [6.07, 6.45) is 5.16. The zero-order valence-electron chi connectivity index (χ0n) is 21.0. The standard InChI is InChI=1S/C25H32N6O5/c1-4-36-23(33)8-5-7-22(32)29-11-6-12-30(14-13-29)24-19(16-26-25-27-17-28-31(24)25)18-9-10-20(34-2)21(15-18)35-3/h9-10,15-17H,4-8,11-14H2,1-3H3. The van der Waals surface area contributed by atoms with Gasteiger partial charge in [0.15, 0.2) is 11.5 Å². The molecule has 0 bridgehead atoms. The van der Waals surface area contributed by atoms with Crippen LogP contribution in [0.5, 0.6) is 11.5 Å². The molecule has 36 heavy (non-hydrogen) atoms. The van der Waals surface area contributed by atoms with E-state index < -0.39 is 0 Å². The van der Waals surface area contributed by atoms with Gasteiger partial charge in [0.25, 0.3) is 5.78 Å². The number of carbonyl (C=O) groups excluding carboxylic acids is 2. The molecule has 0 atom stereocenters. The first-order valence-corrected chi connectivity index (χ1v) is 12.1. The smallest absolute Gasteiger partial charge is 0.305 e. The summed E-state index contributed by atoms with van der Waals surface area (Å²) in [5.41, 5.74) is 1.78. The average Bonchev–Trinajstić information content (AvgIpc) is 3.24. The highest BCUT2D eigenvalue weighted by Gasteiger charge is 2.24. The summed E-state index contributed by atoms with van der Waals surface area (Å²) >= 11 is 0. The highest BCUT2D eigenvalue weighted by Crippen LogP contribution is 2.36. The molecule has 1 saturated heterocycles. The second-order valence-electron chi connectivity index (χ2n) is 8.42. The van der Waals surface area contributed by atoms with Crippen molar-refractivity contribution in [2.24, 2.45) is 0 Å². The zero-order valence-corrected chi connectivity index (χ0v) is 21.0. The van der Waals surface area contributed by atoms with Gasteiger partial charge in [0.1, 0.15) is 12.1 Å². The zero-order chi connectivity index (χ0) is 25.5. The number of esters is 1. The van der Waals surface area contributed by atoms with Crippen LogP contribution in [0.1, 0.15) is 32.6 Å². The summed E-state index contributed by atoms with van der Waals surface area (Å²) in [7, 11) is 3.21. The van der Waals surface area contributed by atoms with Crippen molar-refractivity contribution in [3.05, 3.63) is 30.7 Å². The Balaban J connectivity index is 1.55. The largest absolute Gasteiger partial charge is 0.493 e. The molecule has 3 heterocycles. The molecule has 11 heteroatoms. The van der Waals surface area contributed by atoms with Crippen molar-refractivity contribution in [3.8, 4) is 22.6 Å². The van der Waals surface area contributed by atoms with Gasteiger partial charge in [0.2, 0.25) is 5.91 Å². The van der Waals surface area contributed by atoms with E-state index in [1.54, 1.807) is 31.9 Å². The number of amides is 1. The molecule has 1 aliphatic heterocycles. The van der Waals surface area contributed by atoms with Crippen LogP contribution >= 0.6 is 0 Å². The van der Waals surface area contributed by atoms with E-state index in [0.29, 0.717) is 56.4 Å². The maximum absolute atomic E-state index is 12.8. The Kier molecular flexibility index (Phi) is 8.19. The molecule has 0 radical (unpaired) electrons. The molecule has 3 aromatic rings. The van der Waals surface area contributed by atoms with Gasteiger partial charge in [-0.2, -0.15) is 14.6 Å². The van der Waals surface area contributed by atoms with E-state index >= 15 is 0 Å². The molecule has 192 valence electrons. The summed E-state index contributed by atoms with van der Waals surface area (Å²) in [4.78, 5) is 37.2. The summed E-state index contributed by atoms with van der Waals surface area (Å²) in [5, 5.41) is 4.43. The first kappa shape index (κ1) is 25.2. The van der Waals surface area contributed by atoms with E-state index in [0.717, 1.165) is 29.9 Å². The fraction of sp³-hybridized carbons (Fsp3) is 0.480. The third-order valence-electron chi connectivity index (χ3n) is 6.20. The number of benzene rings is 1. The number of hydrogen-bond acceptors (Lipinski definition) is 9. The third-order valence-corrected chi connectivity index (χ3v) is 6.20. The lowest BCUT2D eigenvalue weighted by Gasteiger charge is -2.26. The molecule has 1 aromatic carbocycles. The van der Waals surface area contributed by atoms with E-state index in [1.165, 1.54) is 6.33 Å². The van der Waals surface area contributed by atoms with Crippen molar-refractivity contribution in [2.75, 3.05) is 51.9 Å². The Morgan fingerprint density at radius 1 is 1.00 bits per heavy atom. The van der Waals surface area contributed by atoms with Crippen LogP contribution in [0.2, 0.25) is 0 Å². The molecule has 1 amide bonds. The normalized spacial score (nSPS) is 14.0. The van der Waals surface area contributed by atoms with Crippen molar-refractivity contribution in [1.82, 2.24) is 24.5 Å². The van der Waals surface area contributed by atoms with Crippen LogP contribution in [0.25, 0.3) is 16.9 Å². The molecular weight excluding hydrogens is 464 g/mol. The molecule has 0 spiro atoms. The number of aromatic nitrogens is 4. The predicted octanol–water partition coefficient (Wildman–Crippen LogP) is 2.58. The van der Waals surface area contributed by atoms with Gasteiger partial charge in [0, 0.05) is 50.8 Å². The number of methoxy groups -OCH3 is 2. The maximum atomic E-state index is 12.8. The number of carbonyl (C=O) groups is 2. The minimum atomic E-state index is -0.260. The Morgan fingerprint density at radius 2 is 1.83 bits per heavy atom. The molecule has 1 fully saturated rings. The van der Waals surface area contributed by atoms with Crippen molar-refractivity contribution in [3.63, 3.8) is 0 Å². The van der Waals surface area contributed by atoms with Gasteiger partial charge in [-0.15, -0.1) is 0 Å². The van der Waals surface area contributed by atoms with Crippen molar-refractivity contribution >= 4 is 23.5 Å². The predicted molar refractivity (Wildman–Crippen MR) is 133 cm³/mol. The lowest BCUT2D eigenvalue weighted by atomic mass is 10.1. The quantitative estimate of drug-likeness (QED) is 0.413. The van der Waals surface area contributed by atoms with Crippen LogP contribution in [-0.4, -0.2) is 83.4 Å². The van der Waals surface area contributed by atoms with Crippen LogP contribution in [-0.2, 0) is 14.3 Å². The van der Waals surface area contributed by atoms with E-state index in [-0.39, 0.29) is 18.3 Å². The first-order valence-electron chi connectivity index (χ1n) is 12.1. The van der Waals surface area contributed by atoms with Gasteiger partial charge in [-0.1, -0.05) is 6.07 Å². The third kappa shape index (κ3) is 5.50. The Labute approximate surface area is 210 Å². The SMILES string of the molecule is CCOC(=O)CCCC(=O)N1CCCN(c2c(-c3ccc(OC)c(OC)c3)cnc3ncnn23)CC1. The van der Waals surface area contributed by atoms with Gasteiger partial charge in [-0.05, 0) is 37.5 Å². The highest BCUT2D eigenvalue weighted by atomic mass is 16.5. The lowest BCUT2D eigenvalue weighted by molar-refractivity contribution is -0.143. The molecule has 0 aliphatic carbocycles. The highest BCUT2D eigenvalue weighted by molar-refractivity contribution is 5.79. The Bertz CT molecular complexity index is 1210. The second kappa shape index (κ2) is 11.7. The molecule has 0 N–H and O–H groups in total. The van der Waals surface area contributed by atoms with Gasteiger partial charge in [0.05, 0.1) is 20.8 Å².